The van der Waals surface area contributed by atoms with Gasteiger partial charge >= 0.3 is 0 Å². The molecule has 1 amide bonds. The van der Waals surface area contributed by atoms with Gasteiger partial charge in [0.2, 0.25) is 0 Å². The summed E-state index contributed by atoms with van der Waals surface area (Å²) in [4.78, 5) is 44.6. The molecule has 0 fully saturated rings. The summed E-state index contributed by atoms with van der Waals surface area (Å²) in [6.45, 7) is 0.0251. The van der Waals surface area contributed by atoms with E-state index in [1.807, 2.05) is 0 Å². The monoisotopic (exact) mass is 495 g/mol. The maximum absolute atomic E-state index is 13.6. The van der Waals surface area contributed by atoms with E-state index in [-0.39, 0.29) is 17.2 Å². The number of aromatic nitrogens is 2. The number of hydrogen-bond donors (Lipinski definition) is 0. The number of fused-ring (bicyclic) bond motifs is 1. The third-order valence-corrected chi connectivity index (χ3v) is 6.03. The predicted molar refractivity (Wildman–Crippen MR) is 127 cm³/mol. The van der Waals surface area contributed by atoms with Crippen molar-refractivity contribution in [1.82, 2.24) is 9.97 Å². The van der Waals surface area contributed by atoms with Crippen LogP contribution in [-0.2, 0) is 6.54 Å². The van der Waals surface area contributed by atoms with Crippen molar-refractivity contribution in [3.8, 4) is 11.5 Å². The molecular formula is C22H17N5O7S. The van der Waals surface area contributed by atoms with Gasteiger partial charge in [-0.1, -0.05) is 17.4 Å². The van der Waals surface area contributed by atoms with Crippen LogP contribution in [0.15, 0.2) is 54.9 Å². The third-order valence-electron chi connectivity index (χ3n) is 4.99. The number of benzene rings is 2. The molecule has 0 saturated heterocycles. The first-order chi connectivity index (χ1) is 16.8. The lowest BCUT2D eigenvalue weighted by atomic mass is 10.1. The zero-order chi connectivity index (χ0) is 25.1. The minimum Gasteiger partial charge on any atom is -0.493 e. The highest BCUT2D eigenvalue weighted by Gasteiger charge is 2.27. The number of ether oxygens (including phenoxy) is 2. The van der Waals surface area contributed by atoms with Crippen molar-refractivity contribution in [2.75, 3.05) is 19.1 Å². The second-order valence-corrected chi connectivity index (χ2v) is 8.19. The minimum atomic E-state index is -0.786. The Balaban J connectivity index is 1.84. The summed E-state index contributed by atoms with van der Waals surface area (Å²) in [5, 5.41) is 22.9. The van der Waals surface area contributed by atoms with E-state index >= 15 is 0 Å². The zero-order valence-corrected chi connectivity index (χ0v) is 19.2. The number of nitrogens with zero attached hydrogens (tertiary/aromatic N) is 5. The molecule has 4 aromatic rings. The quantitative estimate of drug-likeness (QED) is 0.256. The van der Waals surface area contributed by atoms with Crippen LogP contribution in [0.25, 0.3) is 10.2 Å². The van der Waals surface area contributed by atoms with Gasteiger partial charge in [-0.25, -0.2) is 4.98 Å². The van der Waals surface area contributed by atoms with Crippen LogP contribution in [0.1, 0.15) is 15.9 Å². The second kappa shape index (κ2) is 9.69. The number of pyridine rings is 1. The smallest absolute Gasteiger partial charge is 0.277 e. The number of anilines is 1. The largest absolute Gasteiger partial charge is 0.493 e. The SMILES string of the molecule is COc1cc2nc(N(Cc3cccnc3)C(=O)c3cc([N+](=O)[O-])cc([N+](=O)[O-])c3)sc2cc1OC. The van der Waals surface area contributed by atoms with Crippen molar-refractivity contribution in [2.45, 2.75) is 6.54 Å². The molecule has 0 bridgehead atoms. The molecule has 0 aliphatic carbocycles. The van der Waals surface area contributed by atoms with Crippen LogP contribution in [0, 0.1) is 20.2 Å². The number of hydrogen-bond acceptors (Lipinski definition) is 10. The van der Waals surface area contributed by atoms with Gasteiger partial charge in [0.1, 0.15) is 0 Å². The lowest BCUT2D eigenvalue weighted by Gasteiger charge is -2.20. The van der Waals surface area contributed by atoms with E-state index in [0.717, 1.165) is 18.2 Å². The van der Waals surface area contributed by atoms with Crippen LogP contribution in [0.2, 0.25) is 0 Å². The maximum Gasteiger partial charge on any atom is 0.277 e. The molecule has 35 heavy (non-hydrogen) atoms. The molecule has 0 radical (unpaired) electrons. The molecule has 0 N–H and O–H groups in total. The van der Waals surface area contributed by atoms with Crippen molar-refractivity contribution in [3.63, 3.8) is 0 Å². The highest BCUT2D eigenvalue weighted by Crippen LogP contribution is 2.38. The maximum atomic E-state index is 13.6. The van der Waals surface area contributed by atoms with Gasteiger partial charge < -0.3 is 9.47 Å². The molecule has 0 aliphatic heterocycles. The molecule has 0 unspecified atom stereocenters. The van der Waals surface area contributed by atoms with Crippen molar-refractivity contribution in [1.29, 1.82) is 0 Å². The molecule has 0 atom stereocenters. The number of nitro groups is 2. The summed E-state index contributed by atoms with van der Waals surface area (Å²) in [5.74, 6) is 0.240. The molecule has 2 aromatic heterocycles. The number of amides is 1. The van der Waals surface area contributed by atoms with Gasteiger partial charge in [0.05, 0.1) is 52.5 Å². The lowest BCUT2D eigenvalue weighted by Crippen LogP contribution is -2.30. The molecule has 2 heterocycles. The molecule has 12 nitrogen and oxygen atoms in total. The van der Waals surface area contributed by atoms with Crippen LogP contribution in [0.3, 0.4) is 0 Å². The normalized spacial score (nSPS) is 10.7. The van der Waals surface area contributed by atoms with Crippen molar-refractivity contribution < 1.29 is 24.1 Å². The lowest BCUT2D eigenvalue weighted by molar-refractivity contribution is -0.394. The molecule has 178 valence electrons. The van der Waals surface area contributed by atoms with Crippen molar-refractivity contribution >= 4 is 44.0 Å². The summed E-state index contributed by atoms with van der Waals surface area (Å²) in [6.07, 6.45) is 3.14. The van der Waals surface area contributed by atoms with Crippen LogP contribution < -0.4 is 14.4 Å². The first-order valence-corrected chi connectivity index (χ1v) is 10.8. The Bertz CT molecular complexity index is 1370. The van der Waals surface area contributed by atoms with Crippen molar-refractivity contribution in [2.24, 2.45) is 0 Å². The number of carbonyl (C=O) groups excluding carboxylic acids is 1. The van der Waals surface area contributed by atoms with E-state index < -0.39 is 27.1 Å². The fraction of sp³-hybridized carbons (Fsp3) is 0.136. The summed E-state index contributed by atoms with van der Waals surface area (Å²) in [5.41, 5.74) is -0.152. The zero-order valence-electron chi connectivity index (χ0n) is 18.4. The number of methoxy groups -OCH3 is 2. The van der Waals surface area contributed by atoms with Crippen molar-refractivity contribution in [3.05, 3.63) is 86.2 Å². The molecule has 13 heteroatoms. The standard InChI is InChI=1S/C22H17N5O7S/c1-33-18-9-17-20(10-19(18)34-2)35-22(24-17)25(12-13-4-3-5-23-11-13)21(28)14-6-15(26(29)30)8-16(7-14)27(31)32/h3-11H,12H2,1-2H3. The first-order valence-electron chi connectivity index (χ1n) is 9.98. The van der Waals surface area contributed by atoms with E-state index in [1.165, 1.54) is 30.5 Å². The van der Waals surface area contributed by atoms with Gasteiger partial charge in [0.15, 0.2) is 16.6 Å². The second-order valence-electron chi connectivity index (χ2n) is 7.18. The highest BCUT2D eigenvalue weighted by atomic mass is 32.1. The fourth-order valence-corrected chi connectivity index (χ4v) is 4.32. The van der Waals surface area contributed by atoms with Crippen LogP contribution in [-0.4, -0.2) is 39.9 Å². The topological polar surface area (TPSA) is 151 Å². The van der Waals surface area contributed by atoms with Crippen LogP contribution >= 0.6 is 11.3 Å². The number of thiazole rings is 1. The average molecular weight is 495 g/mol. The van der Waals surface area contributed by atoms with E-state index in [4.69, 9.17) is 9.47 Å². The average Bonchev–Trinajstić information content (AvgIpc) is 3.28. The number of non-ortho nitro benzene ring substituents is 2. The van der Waals surface area contributed by atoms with Gasteiger partial charge in [0, 0.05) is 36.7 Å². The van der Waals surface area contributed by atoms with Gasteiger partial charge in [-0.2, -0.15) is 0 Å². The van der Waals surface area contributed by atoms with Crippen LogP contribution in [0.5, 0.6) is 11.5 Å². The Morgan fingerprint density at radius 3 is 2.26 bits per heavy atom. The Labute approximate surface area is 201 Å². The van der Waals surface area contributed by atoms with Gasteiger partial charge in [0.25, 0.3) is 17.3 Å². The summed E-state index contributed by atoms with van der Waals surface area (Å²) < 4.78 is 11.4. The summed E-state index contributed by atoms with van der Waals surface area (Å²) >= 11 is 1.19. The number of nitro benzene ring substituents is 2. The van der Waals surface area contributed by atoms with Gasteiger partial charge in [-0.05, 0) is 11.6 Å². The molecule has 0 saturated carbocycles. The molecule has 4 rings (SSSR count). The highest BCUT2D eigenvalue weighted by molar-refractivity contribution is 7.22. The third kappa shape index (κ3) is 4.84. The molecular weight excluding hydrogens is 478 g/mol. The number of rotatable bonds is 8. The van der Waals surface area contributed by atoms with Crippen LogP contribution in [0.4, 0.5) is 16.5 Å². The Hall–Kier alpha value is -4.65. The van der Waals surface area contributed by atoms with E-state index in [2.05, 4.69) is 9.97 Å². The minimum absolute atomic E-state index is 0.0251. The van der Waals surface area contributed by atoms with E-state index in [1.54, 1.807) is 36.7 Å². The van der Waals surface area contributed by atoms with Gasteiger partial charge in [-0.15, -0.1) is 0 Å². The molecule has 0 aliphatic rings. The molecule has 2 aromatic carbocycles. The molecule has 0 spiro atoms. The fourth-order valence-electron chi connectivity index (χ4n) is 3.34. The summed E-state index contributed by atoms with van der Waals surface area (Å²) in [6, 6.07) is 9.65. The number of carbonyl (C=O) groups is 1. The Morgan fingerprint density at radius 2 is 1.69 bits per heavy atom. The first kappa shape index (κ1) is 23.5. The Morgan fingerprint density at radius 1 is 1.03 bits per heavy atom. The Kier molecular flexibility index (Phi) is 6.51. The van der Waals surface area contributed by atoms with E-state index in [0.29, 0.717) is 27.3 Å². The van der Waals surface area contributed by atoms with E-state index in [9.17, 15) is 25.0 Å². The summed E-state index contributed by atoms with van der Waals surface area (Å²) in [7, 11) is 2.99. The van der Waals surface area contributed by atoms with Gasteiger partial charge in [-0.3, -0.25) is 34.9 Å². The predicted octanol–water partition coefficient (Wildman–Crippen LogP) is 4.37.